The Morgan fingerprint density at radius 3 is 2.46 bits per heavy atom. The molecule has 1 aliphatic heterocycles. The number of nitrogens with two attached hydrogens (primary N) is 1. The second-order valence-electron chi connectivity index (χ2n) is 7.48. The van der Waals surface area contributed by atoms with Crippen LogP contribution in [-0.4, -0.2) is 56.8 Å². The Kier molecular flexibility index (Phi) is 8.54. The minimum absolute atomic E-state index is 0. The van der Waals surface area contributed by atoms with Gasteiger partial charge in [-0.3, -0.25) is 4.79 Å². The van der Waals surface area contributed by atoms with Crippen molar-refractivity contribution in [2.45, 2.75) is 43.7 Å². The quantitative estimate of drug-likeness (QED) is 0.729. The van der Waals surface area contributed by atoms with Crippen molar-refractivity contribution in [1.82, 2.24) is 9.21 Å². The lowest BCUT2D eigenvalue weighted by atomic mass is 9.93. The van der Waals surface area contributed by atoms with Gasteiger partial charge in [-0.05, 0) is 36.9 Å². The third-order valence-electron chi connectivity index (χ3n) is 4.52. The highest BCUT2D eigenvalue weighted by molar-refractivity contribution is 7.91. The number of rotatable bonds is 7. The molecule has 2 rings (SSSR count). The Morgan fingerprint density at radius 2 is 1.88 bits per heavy atom. The molecule has 2 heterocycles. The molecule has 9 heteroatoms. The van der Waals surface area contributed by atoms with Gasteiger partial charge in [-0.15, -0.1) is 23.7 Å². The maximum absolute atomic E-state index is 12.7. The van der Waals surface area contributed by atoms with E-state index >= 15 is 0 Å². The zero-order valence-corrected chi connectivity index (χ0v) is 18.2. The van der Waals surface area contributed by atoms with Gasteiger partial charge in [0.25, 0.3) is 10.0 Å². The molecule has 1 aliphatic rings. The first kappa shape index (κ1) is 23.4. The van der Waals surface area contributed by atoms with Gasteiger partial charge < -0.3 is 10.6 Å². The summed E-state index contributed by atoms with van der Waals surface area (Å²) in [6.07, 6.45) is 3.13. The summed E-state index contributed by atoms with van der Waals surface area (Å²) < 4.78 is 27.2. The zero-order chi connectivity index (χ0) is 18.7. The molecule has 0 aliphatic carbocycles. The highest BCUT2D eigenvalue weighted by Gasteiger charge is 2.28. The summed E-state index contributed by atoms with van der Waals surface area (Å²) in [4.78, 5) is 14.8. The summed E-state index contributed by atoms with van der Waals surface area (Å²) in [6, 6.07) is 3.38. The van der Waals surface area contributed by atoms with Gasteiger partial charge in [0, 0.05) is 31.6 Å². The summed E-state index contributed by atoms with van der Waals surface area (Å²) in [7, 11) is -1.66. The summed E-state index contributed by atoms with van der Waals surface area (Å²) in [6.45, 7) is 6.29. The molecule has 2 N–H and O–H groups in total. The topological polar surface area (TPSA) is 83.7 Å². The number of thiophene rings is 1. The van der Waals surface area contributed by atoms with E-state index in [1.165, 1.54) is 11.3 Å². The minimum atomic E-state index is -3.42. The van der Waals surface area contributed by atoms with E-state index in [4.69, 9.17) is 5.73 Å². The predicted octanol–water partition coefficient (Wildman–Crippen LogP) is 2.33. The van der Waals surface area contributed by atoms with Crippen LogP contribution in [0.5, 0.6) is 0 Å². The van der Waals surface area contributed by atoms with Crippen LogP contribution in [0.3, 0.4) is 0 Å². The summed E-state index contributed by atoms with van der Waals surface area (Å²) >= 11 is 1.20. The van der Waals surface area contributed by atoms with Crippen LogP contribution in [-0.2, 0) is 21.2 Å². The lowest BCUT2D eigenvalue weighted by molar-refractivity contribution is -0.130. The van der Waals surface area contributed by atoms with Crippen LogP contribution in [0.25, 0.3) is 0 Å². The number of sulfonamides is 1. The van der Waals surface area contributed by atoms with E-state index in [-0.39, 0.29) is 30.2 Å². The van der Waals surface area contributed by atoms with Gasteiger partial charge in [0.05, 0.1) is 6.42 Å². The average molecular weight is 424 g/mol. The number of likely N-dealkylation sites (N-methyl/N-ethyl adjacent to an activating group) is 1. The van der Waals surface area contributed by atoms with E-state index < -0.39 is 10.0 Å². The molecule has 0 radical (unpaired) electrons. The third-order valence-corrected chi connectivity index (χ3v) is 7.97. The first-order valence-electron chi connectivity index (χ1n) is 8.69. The van der Waals surface area contributed by atoms with Gasteiger partial charge in [-0.25, -0.2) is 8.42 Å². The van der Waals surface area contributed by atoms with E-state index in [0.717, 1.165) is 24.1 Å². The SMILES string of the molecule is CN(CC(C)(C)CN)C(=O)Cc1ccc(S(=O)(=O)N2CCCCC2)s1.Cl. The van der Waals surface area contributed by atoms with E-state index in [9.17, 15) is 13.2 Å². The number of piperidine rings is 1. The first-order valence-corrected chi connectivity index (χ1v) is 10.9. The Balaban J connectivity index is 0.00000338. The van der Waals surface area contributed by atoms with Crippen LogP contribution < -0.4 is 5.73 Å². The van der Waals surface area contributed by atoms with Crippen molar-refractivity contribution >= 4 is 39.7 Å². The second-order valence-corrected chi connectivity index (χ2v) is 10.8. The van der Waals surface area contributed by atoms with Crippen LogP contribution in [0.1, 0.15) is 38.0 Å². The third kappa shape index (κ3) is 5.92. The molecule has 0 bridgehead atoms. The van der Waals surface area contributed by atoms with Crippen molar-refractivity contribution in [3.8, 4) is 0 Å². The molecule has 1 fully saturated rings. The molecule has 1 aromatic rings. The maximum atomic E-state index is 12.7. The molecule has 1 saturated heterocycles. The molecular formula is C17H30ClN3O3S2. The number of carbonyl (C=O) groups excluding carboxylic acids is 1. The molecule has 1 aromatic heterocycles. The molecule has 0 atom stereocenters. The molecule has 150 valence electrons. The zero-order valence-electron chi connectivity index (χ0n) is 15.7. The Morgan fingerprint density at radius 1 is 1.27 bits per heavy atom. The number of carbonyl (C=O) groups is 1. The number of amides is 1. The minimum Gasteiger partial charge on any atom is -0.345 e. The van der Waals surface area contributed by atoms with Crippen molar-refractivity contribution < 1.29 is 13.2 Å². The summed E-state index contributed by atoms with van der Waals surface area (Å²) in [5, 5.41) is 0. The Labute approximate surface area is 167 Å². The van der Waals surface area contributed by atoms with Gasteiger partial charge in [0.15, 0.2) is 0 Å². The van der Waals surface area contributed by atoms with Crippen LogP contribution in [0.2, 0.25) is 0 Å². The Hall–Kier alpha value is -0.670. The standard InChI is InChI=1S/C17H29N3O3S2.ClH/c1-17(2,12-18)13-19(3)15(21)11-14-7-8-16(24-14)25(22,23)20-9-5-4-6-10-20;/h7-8H,4-6,9-13,18H2,1-3H3;1H. The fourth-order valence-corrected chi connectivity index (χ4v) is 5.92. The van der Waals surface area contributed by atoms with Crippen molar-refractivity contribution in [1.29, 1.82) is 0 Å². The fraction of sp³-hybridized carbons (Fsp3) is 0.706. The van der Waals surface area contributed by atoms with E-state index in [1.807, 2.05) is 13.8 Å². The van der Waals surface area contributed by atoms with Gasteiger partial charge in [-0.2, -0.15) is 4.31 Å². The number of halogens is 1. The van der Waals surface area contributed by atoms with Crippen molar-refractivity contribution in [3.63, 3.8) is 0 Å². The predicted molar refractivity (Wildman–Crippen MR) is 108 cm³/mol. The molecule has 0 spiro atoms. The highest BCUT2D eigenvalue weighted by Crippen LogP contribution is 2.27. The van der Waals surface area contributed by atoms with Crippen LogP contribution in [0.15, 0.2) is 16.3 Å². The fourth-order valence-electron chi connectivity index (χ4n) is 2.90. The molecule has 0 unspecified atom stereocenters. The maximum Gasteiger partial charge on any atom is 0.252 e. The monoisotopic (exact) mass is 423 g/mol. The lowest BCUT2D eigenvalue weighted by Gasteiger charge is -2.29. The van der Waals surface area contributed by atoms with Crippen LogP contribution in [0, 0.1) is 5.41 Å². The van der Waals surface area contributed by atoms with Crippen molar-refractivity contribution in [2.24, 2.45) is 11.1 Å². The second kappa shape index (κ2) is 9.50. The number of hydrogen-bond acceptors (Lipinski definition) is 5. The van der Waals surface area contributed by atoms with Gasteiger partial charge in [0.1, 0.15) is 4.21 Å². The first-order chi connectivity index (χ1) is 11.7. The van der Waals surface area contributed by atoms with Crippen LogP contribution in [0.4, 0.5) is 0 Å². The molecular weight excluding hydrogens is 394 g/mol. The largest absolute Gasteiger partial charge is 0.345 e. The number of nitrogens with zero attached hydrogens (tertiary/aromatic N) is 2. The molecule has 1 amide bonds. The van der Waals surface area contributed by atoms with E-state index in [0.29, 0.717) is 30.4 Å². The van der Waals surface area contributed by atoms with Crippen molar-refractivity contribution in [3.05, 3.63) is 17.0 Å². The van der Waals surface area contributed by atoms with E-state index in [2.05, 4.69) is 0 Å². The van der Waals surface area contributed by atoms with Gasteiger partial charge in [-0.1, -0.05) is 20.3 Å². The molecule has 0 saturated carbocycles. The normalized spacial score (nSPS) is 16.2. The number of hydrogen-bond donors (Lipinski definition) is 1. The van der Waals surface area contributed by atoms with Gasteiger partial charge >= 0.3 is 0 Å². The summed E-state index contributed by atoms with van der Waals surface area (Å²) in [5.74, 6) is -0.0229. The van der Waals surface area contributed by atoms with E-state index in [1.54, 1.807) is 28.4 Å². The molecule has 6 nitrogen and oxygen atoms in total. The average Bonchev–Trinajstić information content (AvgIpc) is 3.04. The van der Waals surface area contributed by atoms with Gasteiger partial charge in [0.2, 0.25) is 5.91 Å². The van der Waals surface area contributed by atoms with Crippen molar-refractivity contribution in [2.75, 3.05) is 33.2 Å². The van der Waals surface area contributed by atoms with Crippen LogP contribution >= 0.6 is 23.7 Å². The lowest BCUT2D eigenvalue weighted by Crippen LogP contribution is -2.40. The highest BCUT2D eigenvalue weighted by atomic mass is 35.5. The smallest absolute Gasteiger partial charge is 0.252 e. The summed E-state index contributed by atoms with van der Waals surface area (Å²) in [5.41, 5.74) is 5.59. The molecule has 26 heavy (non-hydrogen) atoms. The Bertz CT molecular complexity index is 698. The molecule has 0 aromatic carbocycles.